The number of halogens is 1. The van der Waals surface area contributed by atoms with Crippen LogP contribution < -0.4 is 10.5 Å². The van der Waals surface area contributed by atoms with E-state index < -0.39 is 15.8 Å². The van der Waals surface area contributed by atoms with Crippen LogP contribution in [0, 0.1) is 5.82 Å². The van der Waals surface area contributed by atoms with E-state index in [1.165, 1.54) is 23.5 Å². The van der Waals surface area contributed by atoms with Gasteiger partial charge in [-0.1, -0.05) is 0 Å². The Morgan fingerprint density at radius 1 is 1.55 bits per heavy atom. The second kappa shape index (κ2) is 6.04. The van der Waals surface area contributed by atoms with Crippen molar-refractivity contribution < 1.29 is 22.3 Å². The molecule has 1 unspecified atom stereocenters. The molecule has 1 aliphatic heterocycles. The van der Waals surface area contributed by atoms with Gasteiger partial charge >= 0.3 is 0 Å². The maximum Gasteiger partial charge on any atom is 0.243 e. The molecule has 1 atom stereocenters. The molecule has 0 aliphatic carbocycles. The van der Waals surface area contributed by atoms with E-state index in [4.69, 9.17) is 15.2 Å². The number of sulfonamides is 1. The van der Waals surface area contributed by atoms with E-state index in [2.05, 4.69) is 0 Å². The van der Waals surface area contributed by atoms with Crippen molar-refractivity contribution in [2.45, 2.75) is 11.0 Å². The Morgan fingerprint density at radius 3 is 2.95 bits per heavy atom. The fraction of sp³-hybridized carbons (Fsp3) is 0.500. The average molecular weight is 304 g/mol. The van der Waals surface area contributed by atoms with Crippen molar-refractivity contribution in [3.63, 3.8) is 0 Å². The Balaban J connectivity index is 2.30. The van der Waals surface area contributed by atoms with Crippen molar-refractivity contribution >= 4 is 10.0 Å². The molecule has 8 heteroatoms. The molecule has 20 heavy (non-hydrogen) atoms. The van der Waals surface area contributed by atoms with Crippen molar-refractivity contribution in [3.05, 3.63) is 24.0 Å². The predicted octanol–water partition coefficient (Wildman–Crippen LogP) is 0.182. The fourth-order valence-corrected chi connectivity index (χ4v) is 3.47. The van der Waals surface area contributed by atoms with E-state index in [1.807, 2.05) is 0 Å². The number of morpholine rings is 1. The number of benzene rings is 1. The highest BCUT2D eigenvalue weighted by Gasteiger charge is 2.30. The standard InChI is InChI=1S/C12H17FN2O4S/c1-18-12-6-10(2-3-11(12)13)20(16,17)15-4-5-19-9(7-14)8-15/h2-3,6,9H,4-5,7-8,14H2,1H3. The third-order valence-corrected chi connectivity index (χ3v) is 4.99. The van der Waals surface area contributed by atoms with Crippen molar-refractivity contribution in [1.29, 1.82) is 0 Å². The number of ether oxygens (including phenoxy) is 2. The summed E-state index contributed by atoms with van der Waals surface area (Å²) in [5, 5.41) is 0. The predicted molar refractivity (Wildman–Crippen MR) is 70.5 cm³/mol. The molecule has 2 N–H and O–H groups in total. The van der Waals surface area contributed by atoms with Gasteiger partial charge in [0.2, 0.25) is 10.0 Å². The van der Waals surface area contributed by atoms with Crippen LogP contribution in [0.25, 0.3) is 0 Å². The summed E-state index contributed by atoms with van der Waals surface area (Å²) in [6.45, 7) is 0.981. The van der Waals surface area contributed by atoms with Gasteiger partial charge in [-0.2, -0.15) is 4.31 Å². The molecular weight excluding hydrogens is 287 g/mol. The lowest BCUT2D eigenvalue weighted by Gasteiger charge is -2.31. The van der Waals surface area contributed by atoms with Crippen LogP contribution >= 0.6 is 0 Å². The molecule has 0 amide bonds. The molecule has 0 bridgehead atoms. The topological polar surface area (TPSA) is 81.9 Å². The van der Waals surface area contributed by atoms with E-state index in [0.29, 0.717) is 6.61 Å². The maximum absolute atomic E-state index is 13.3. The van der Waals surface area contributed by atoms with Gasteiger partial charge in [-0.3, -0.25) is 0 Å². The van der Waals surface area contributed by atoms with Crippen LogP contribution in [0.3, 0.4) is 0 Å². The van der Waals surface area contributed by atoms with E-state index >= 15 is 0 Å². The largest absolute Gasteiger partial charge is 0.494 e. The second-order valence-electron chi connectivity index (χ2n) is 4.39. The first-order valence-corrected chi connectivity index (χ1v) is 7.58. The number of methoxy groups -OCH3 is 1. The lowest BCUT2D eigenvalue weighted by Crippen LogP contribution is -2.48. The third-order valence-electron chi connectivity index (χ3n) is 3.12. The molecule has 0 radical (unpaired) electrons. The molecule has 1 saturated heterocycles. The Bertz CT molecular complexity index is 579. The van der Waals surface area contributed by atoms with Gasteiger partial charge in [0.15, 0.2) is 11.6 Å². The number of rotatable bonds is 4. The molecule has 1 aromatic rings. The quantitative estimate of drug-likeness (QED) is 0.858. The Hall–Kier alpha value is -1.22. The highest BCUT2D eigenvalue weighted by molar-refractivity contribution is 7.89. The van der Waals surface area contributed by atoms with Crippen LogP contribution in [0.1, 0.15) is 0 Å². The van der Waals surface area contributed by atoms with Crippen LogP contribution in [0.4, 0.5) is 4.39 Å². The summed E-state index contributed by atoms with van der Waals surface area (Å²) in [5.41, 5.74) is 5.50. The number of hydrogen-bond donors (Lipinski definition) is 1. The lowest BCUT2D eigenvalue weighted by molar-refractivity contribution is 0.00450. The summed E-state index contributed by atoms with van der Waals surface area (Å²) in [7, 11) is -2.42. The zero-order chi connectivity index (χ0) is 14.8. The summed E-state index contributed by atoms with van der Waals surface area (Å²) in [4.78, 5) is -0.00609. The third kappa shape index (κ3) is 2.93. The first-order chi connectivity index (χ1) is 9.48. The second-order valence-corrected chi connectivity index (χ2v) is 6.33. The first kappa shape index (κ1) is 15.2. The fourth-order valence-electron chi connectivity index (χ4n) is 2.00. The van der Waals surface area contributed by atoms with Gasteiger partial charge in [-0.05, 0) is 12.1 Å². The normalized spacial score (nSPS) is 20.9. The monoisotopic (exact) mass is 304 g/mol. The molecule has 1 fully saturated rings. The van der Waals surface area contributed by atoms with Crippen molar-refractivity contribution in [2.75, 3.05) is 33.4 Å². The average Bonchev–Trinajstić information content (AvgIpc) is 2.47. The van der Waals surface area contributed by atoms with Gasteiger partial charge in [-0.15, -0.1) is 0 Å². The summed E-state index contributed by atoms with van der Waals surface area (Å²) < 4.78 is 49.7. The molecule has 0 aromatic heterocycles. The number of hydrogen-bond acceptors (Lipinski definition) is 5. The lowest BCUT2D eigenvalue weighted by atomic mass is 10.3. The molecule has 2 rings (SSSR count). The zero-order valence-electron chi connectivity index (χ0n) is 11.1. The van der Waals surface area contributed by atoms with E-state index in [1.54, 1.807) is 0 Å². The Labute approximate surface area is 117 Å². The summed E-state index contributed by atoms with van der Waals surface area (Å²) >= 11 is 0. The van der Waals surface area contributed by atoms with Crippen LogP contribution in [-0.4, -0.2) is 52.2 Å². The Morgan fingerprint density at radius 2 is 2.30 bits per heavy atom. The minimum absolute atomic E-state index is 0.00609. The maximum atomic E-state index is 13.3. The van der Waals surface area contributed by atoms with Gasteiger partial charge in [-0.25, -0.2) is 12.8 Å². The summed E-state index contributed by atoms with van der Waals surface area (Å²) in [6, 6.07) is 3.48. The summed E-state index contributed by atoms with van der Waals surface area (Å²) in [6.07, 6.45) is -0.319. The molecule has 6 nitrogen and oxygen atoms in total. The van der Waals surface area contributed by atoms with Crippen LogP contribution in [-0.2, 0) is 14.8 Å². The van der Waals surface area contributed by atoms with Crippen LogP contribution in [0.2, 0.25) is 0 Å². The highest BCUT2D eigenvalue weighted by Crippen LogP contribution is 2.24. The van der Waals surface area contributed by atoms with Crippen LogP contribution in [0.15, 0.2) is 23.1 Å². The van der Waals surface area contributed by atoms with Crippen molar-refractivity contribution in [1.82, 2.24) is 4.31 Å². The zero-order valence-corrected chi connectivity index (χ0v) is 11.9. The number of nitrogens with two attached hydrogens (primary N) is 1. The first-order valence-electron chi connectivity index (χ1n) is 6.14. The molecule has 0 saturated carbocycles. The Kier molecular flexibility index (Phi) is 4.59. The van der Waals surface area contributed by atoms with Gasteiger partial charge in [0.25, 0.3) is 0 Å². The molecule has 112 valence electrons. The van der Waals surface area contributed by atoms with Gasteiger partial charge < -0.3 is 15.2 Å². The van der Waals surface area contributed by atoms with Gasteiger partial charge in [0, 0.05) is 25.7 Å². The van der Waals surface area contributed by atoms with Gasteiger partial charge in [0.05, 0.1) is 24.7 Å². The van der Waals surface area contributed by atoms with Gasteiger partial charge in [0.1, 0.15) is 0 Å². The minimum Gasteiger partial charge on any atom is -0.494 e. The smallest absolute Gasteiger partial charge is 0.243 e. The van der Waals surface area contributed by atoms with Crippen molar-refractivity contribution in [3.8, 4) is 5.75 Å². The van der Waals surface area contributed by atoms with E-state index in [9.17, 15) is 12.8 Å². The SMILES string of the molecule is COc1cc(S(=O)(=O)N2CCOC(CN)C2)ccc1F. The molecule has 0 spiro atoms. The minimum atomic E-state index is -3.70. The molecule has 1 aliphatic rings. The number of nitrogens with zero attached hydrogens (tertiary/aromatic N) is 1. The molecule has 1 aromatic carbocycles. The van der Waals surface area contributed by atoms with E-state index in [0.717, 1.165) is 6.07 Å². The summed E-state index contributed by atoms with van der Waals surface area (Å²) in [5.74, 6) is -0.706. The molecule has 1 heterocycles. The van der Waals surface area contributed by atoms with Crippen molar-refractivity contribution in [2.24, 2.45) is 5.73 Å². The highest BCUT2D eigenvalue weighted by atomic mass is 32.2. The van der Waals surface area contributed by atoms with Crippen LogP contribution in [0.5, 0.6) is 5.75 Å². The van der Waals surface area contributed by atoms with E-state index in [-0.39, 0.29) is 36.4 Å². The molecular formula is C12H17FN2O4S.